The molecular weight excluding hydrogens is 369 g/mol. The van der Waals surface area contributed by atoms with Gasteiger partial charge in [-0.25, -0.2) is 0 Å². The van der Waals surface area contributed by atoms with E-state index in [4.69, 9.17) is 27.6 Å². The Labute approximate surface area is 162 Å². The molecule has 1 amide bonds. The van der Waals surface area contributed by atoms with Crippen molar-refractivity contribution in [3.05, 3.63) is 82.0 Å². The Morgan fingerprint density at radius 1 is 1.08 bits per heavy atom. The number of halogens is 2. The number of furan rings is 1. The summed E-state index contributed by atoms with van der Waals surface area (Å²) in [6.45, 7) is 2.09. The van der Waals surface area contributed by atoms with Crippen molar-refractivity contribution in [2.45, 2.75) is 13.3 Å². The molecule has 0 aliphatic heterocycles. The Balaban J connectivity index is 1.68. The first-order valence-electron chi connectivity index (χ1n) is 8.19. The van der Waals surface area contributed by atoms with Crippen LogP contribution in [0.3, 0.4) is 0 Å². The number of rotatable bonds is 5. The van der Waals surface area contributed by atoms with Gasteiger partial charge in [0.2, 0.25) is 5.91 Å². The third kappa shape index (κ3) is 4.37. The topological polar surface area (TPSA) is 42.2 Å². The first kappa shape index (κ1) is 18.3. The van der Waals surface area contributed by atoms with Crippen LogP contribution >= 0.6 is 23.2 Å². The first-order valence-corrected chi connectivity index (χ1v) is 8.94. The summed E-state index contributed by atoms with van der Waals surface area (Å²) >= 11 is 12.2. The maximum atomic E-state index is 12.0. The van der Waals surface area contributed by atoms with Crippen molar-refractivity contribution >= 4 is 40.9 Å². The van der Waals surface area contributed by atoms with Gasteiger partial charge in [-0.2, -0.15) is 0 Å². The quantitative estimate of drug-likeness (QED) is 0.511. The summed E-state index contributed by atoms with van der Waals surface area (Å²) in [5.74, 6) is 0.910. The van der Waals surface area contributed by atoms with Crippen molar-refractivity contribution < 1.29 is 9.21 Å². The second-order valence-corrected chi connectivity index (χ2v) is 6.46. The first-order chi connectivity index (χ1) is 12.6. The third-order valence-corrected chi connectivity index (χ3v) is 4.69. The highest BCUT2D eigenvalue weighted by molar-refractivity contribution is 6.43. The van der Waals surface area contributed by atoms with E-state index in [2.05, 4.69) is 12.2 Å². The smallest absolute Gasteiger partial charge is 0.248 e. The Hall–Kier alpha value is -2.49. The van der Waals surface area contributed by atoms with E-state index in [1.54, 1.807) is 30.3 Å². The zero-order valence-corrected chi connectivity index (χ0v) is 15.6. The average Bonchev–Trinajstić information content (AvgIpc) is 3.12. The molecule has 0 atom stereocenters. The standard InChI is InChI=1S/C21H17Cl2NO2/c1-2-14-6-8-15(9-7-14)24-20(25)13-11-16-10-12-19(26-16)17-4-3-5-18(22)21(17)23/h3-13H,2H2,1H3,(H,24,25). The Morgan fingerprint density at radius 3 is 2.58 bits per heavy atom. The van der Waals surface area contributed by atoms with Crippen LogP contribution in [0, 0.1) is 0 Å². The van der Waals surface area contributed by atoms with Gasteiger partial charge >= 0.3 is 0 Å². The van der Waals surface area contributed by atoms with Crippen molar-refractivity contribution in [1.29, 1.82) is 0 Å². The highest BCUT2D eigenvalue weighted by Crippen LogP contribution is 2.34. The van der Waals surface area contributed by atoms with Crippen molar-refractivity contribution in [2.24, 2.45) is 0 Å². The van der Waals surface area contributed by atoms with Gasteiger partial charge in [-0.3, -0.25) is 4.79 Å². The van der Waals surface area contributed by atoms with E-state index < -0.39 is 0 Å². The van der Waals surface area contributed by atoms with Crippen LogP contribution in [-0.4, -0.2) is 5.91 Å². The molecular formula is C21H17Cl2NO2. The summed E-state index contributed by atoms with van der Waals surface area (Å²) in [7, 11) is 0. The summed E-state index contributed by atoms with van der Waals surface area (Å²) in [4.78, 5) is 12.0. The van der Waals surface area contributed by atoms with Gasteiger partial charge in [0.25, 0.3) is 0 Å². The minimum absolute atomic E-state index is 0.229. The summed E-state index contributed by atoms with van der Waals surface area (Å²) in [5.41, 5.74) is 2.68. The number of anilines is 1. The SMILES string of the molecule is CCc1ccc(NC(=O)C=Cc2ccc(-c3cccc(Cl)c3Cl)o2)cc1. The number of benzene rings is 2. The van der Waals surface area contributed by atoms with Crippen LogP contribution in [0.2, 0.25) is 10.0 Å². The number of aryl methyl sites for hydroxylation is 1. The normalized spacial score (nSPS) is 11.0. The second kappa shape index (κ2) is 8.26. The lowest BCUT2D eigenvalue weighted by atomic mass is 10.1. The fourth-order valence-electron chi connectivity index (χ4n) is 2.45. The van der Waals surface area contributed by atoms with E-state index >= 15 is 0 Å². The molecule has 132 valence electrons. The van der Waals surface area contributed by atoms with E-state index in [0.717, 1.165) is 12.1 Å². The van der Waals surface area contributed by atoms with Crippen LogP contribution < -0.4 is 5.32 Å². The molecule has 0 bridgehead atoms. The summed E-state index contributed by atoms with van der Waals surface area (Å²) in [6.07, 6.45) is 4.00. The molecule has 0 fully saturated rings. The Kier molecular flexibility index (Phi) is 5.82. The molecule has 0 radical (unpaired) electrons. The lowest BCUT2D eigenvalue weighted by Gasteiger charge is -2.03. The summed E-state index contributed by atoms with van der Waals surface area (Å²) in [5, 5.41) is 3.71. The van der Waals surface area contributed by atoms with Gasteiger partial charge in [-0.15, -0.1) is 0 Å². The van der Waals surface area contributed by atoms with Crippen molar-refractivity contribution in [3.63, 3.8) is 0 Å². The predicted octanol–water partition coefficient (Wildman–Crippen LogP) is 6.47. The largest absolute Gasteiger partial charge is 0.457 e. The average molecular weight is 386 g/mol. The van der Waals surface area contributed by atoms with E-state index in [1.165, 1.54) is 11.6 Å². The van der Waals surface area contributed by atoms with Crippen LogP contribution in [-0.2, 0) is 11.2 Å². The molecule has 3 nitrogen and oxygen atoms in total. The maximum absolute atomic E-state index is 12.0. The van der Waals surface area contributed by atoms with Gasteiger partial charge in [-0.05, 0) is 54.5 Å². The second-order valence-electron chi connectivity index (χ2n) is 5.68. The summed E-state index contributed by atoms with van der Waals surface area (Å²) in [6, 6.07) is 16.7. The molecule has 0 saturated carbocycles. The van der Waals surface area contributed by atoms with Crippen LogP contribution in [0.25, 0.3) is 17.4 Å². The predicted molar refractivity (Wildman–Crippen MR) is 108 cm³/mol. The lowest BCUT2D eigenvalue weighted by molar-refractivity contribution is -0.111. The molecule has 3 rings (SSSR count). The number of hydrogen-bond donors (Lipinski definition) is 1. The fourth-order valence-corrected chi connectivity index (χ4v) is 2.84. The molecule has 0 aliphatic carbocycles. The molecule has 2 aromatic carbocycles. The molecule has 0 spiro atoms. The van der Waals surface area contributed by atoms with Crippen LogP contribution in [0.4, 0.5) is 5.69 Å². The van der Waals surface area contributed by atoms with Gasteiger partial charge in [0.05, 0.1) is 10.0 Å². The van der Waals surface area contributed by atoms with Gasteiger partial charge in [0.1, 0.15) is 11.5 Å². The highest BCUT2D eigenvalue weighted by Gasteiger charge is 2.10. The number of hydrogen-bond acceptors (Lipinski definition) is 2. The van der Waals surface area contributed by atoms with Crippen molar-refractivity contribution in [1.82, 2.24) is 0 Å². The van der Waals surface area contributed by atoms with Gasteiger partial charge in [0.15, 0.2) is 0 Å². The minimum Gasteiger partial charge on any atom is -0.457 e. The van der Waals surface area contributed by atoms with E-state index in [9.17, 15) is 4.79 Å². The molecule has 0 aliphatic rings. The van der Waals surface area contributed by atoms with Gasteiger partial charge < -0.3 is 9.73 Å². The molecule has 5 heteroatoms. The number of carbonyl (C=O) groups is 1. The molecule has 0 saturated heterocycles. The van der Waals surface area contributed by atoms with Crippen molar-refractivity contribution in [2.75, 3.05) is 5.32 Å². The number of amides is 1. The zero-order chi connectivity index (χ0) is 18.5. The van der Waals surface area contributed by atoms with Gasteiger partial charge in [-0.1, -0.05) is 48.3 Å². The zero-order valence-electron chi connectivity index (χ0n) is 14.1. The fraction of sp³-hybridized carbons (Fsp3) is 0.0952. The monoisotopic (exact) mass is 385 g/mol. The molecule has 1 aromatic heterocycles. The summed E-state index contributed by atoms with van der Waals surface area (Å²) < 4.78 is 5.73. The third-order valence-electron chi connectivity index (χ3n) is 3.87. The van der Waals surface area contributed by atoms with E-state index in [0.29, 0.717) is 27.1 Å². The van der Waals surface area contributed by atoms with Crippen molar-refractivity contribution in [3.8, 4) is 11.3 Å². The lowest BCUT2D eigenvalue weighted by Crippen LogP contribution is -2.07. The Morgan fingerprint density at radius 2 is 1.85 bits per heavy atom. The number of carbonyl (C=O) groups excluding carboxylic acids is 1. The molecule has 26 heavy (non-hydrogen) atoms. The molecule has 1 heterocycles. The van der Waals surface area contributed by atoms with E-state index in [-0.39, 0.29) is 5.91 Å². The van der Waals surface area contributed by atoms with Crippen LogP contribution in [0.5, 0.6) is 0 Å². The Bertz CT molecular complexity index is 943. The highest BCUT2D eigenvalue weighted by atomic mass is 35.5. The molecule has 3 aromatic rings. The minimum atomic E-state index is -0.229. The van der Waals surface area contributed by atoms with Crippen LogP contribution in [0.1, 0.15) is 18.2 Å². The number of nitrogens with one attached hydrogen (secondary N) is 1. The molecule has 1 N–H and O–H groups in total. The van der Waals surface area contributed by atoms with Crippen LogP contribution in [0.15, 0.2) is 65.1 Å². The van der Waals surface area contributed by atoms with E-state index in [1.807, 2.05) is 30.3 Å². The molecule has 0 unspecified atom stereocenters. The maximum Gasteiger partial charge on any atom is 0.248 e. The van der Waals surface area contributed by atoms with Gasteiger partial charge in [0, 0.05) is 17.3 Å².